The smallest absolute Gasteiger partial charge is 0.280 e. The van der Waals surface area contributed by atoms with Gasteiger partial charge in [-0.25, -0.2) is 4.98 Å². The van der Waals surface area contributed by atoms with Crippen molar-refractivity contribution in [2.75, 3.05) is 43.9 Å². The molecule has 0 aromatic carbocycles. The molecular weight excluding hydrogens is 244 g/mol. The van der Waals surface area contributed by atoms with E-state index >= 15 is 0 Å². The van der Waals surface area contributed by atoms with Crippen LogP contribution >= 0.6 is 0 Å². The van der Waals surface area contributed by atoms with Gasteiger partial charge in [-0.1, -0.05) is 0 Å². The van der Waals surface area contributed by atoms with Gasteiger partial charge in [0.15, 0.2) is 5.69 Å². The number of likely N-dealkylation sites (N-methyl/N-ethyl adjacent to an activating group) is 1. The van der Waals surface area contributed by atoms with E-state index in [1.807, 2.05) is 0 Å². The molecule has 2 N–H and O–H groups in total. The minimum atomic E-state index is 0.368. The summed E-state index contributed by atoms with van der Waals surface area (Å²) in [6, 6.07) is 3.54. The number of rotatable bonds is 2. The van der Waals surface area contributed by atoms with Gasteiger partial charge in [0.2, 0.25) is 0 Å². The van der Waals surface area contributed by atoms with Gasteiger partial charge in [-0.2, -0.15) is 4.98 Å². The summed E-state index contributed by atoms with van der Waals surface area (Å²) in [6.07, 6.45) is 1.66. The quantitative estimate of drug-likeness (QED) is 0.839. The van der Waals surface area contributed by atoms with Crippen molar-refractivity contribution in [3.8, 4) is 11.6 Å². The summed E-state index contributed by atoms with van der Waals surface area (Å²) < 4.78 is 5.25. The lowest BCUT2D eigenvalue weighted by Crippen LogP contribution is -2.44. The van der Waals surface area contributed by atoms with E-state index in [9.17, 15) is 0 Å². The Bertz CT molecular complexity index is 561. The molecule has 3 heterocycles. The predicted molar refractivity (Wildman–Crippen MR) is 71.7 cm³/mol. The zero-order valence-corrected chi connectivity index (χ0v) is 10.8. The first-order valence-electron chi connectivity index (χ1n) is 6.22. The molecule has 100 valence electrons. The molecule has 1 aliphatic rings. The predicted octanol–water partition coefficient (Wildman–Crippen LogP) is 0.466. The zero-order valence-electron chi connectivity index (χ0n) is 10.8. The van der Waals surface area contributed by atoms with Crippen LogP contribution in [0.5, 0.6) is 0 Å². The van der Waals surface area contributed by atoms with Crippen LogP contribution in [0.3, 0.4) is 0 Å². The first kappa shape index (κ1) is 11.9. The molecule has 0 saturated carbocycles. The van der Waals surface area contributed by atoms with Crippen LogP contribution in [0, 0.1) is 0 Å². The average Bonchev–Trinajstić information content (AvgIpc) is 2.89. The summed E-state index contributed by atoms with van der Waals surface area (Å²) in [5, 5.41) is 4.01. The maximum absolute atomic E-state index is 5.85. The standard InChI is InChI=1S/C12H16N6O/c1-17-5-7-18(8-6-17)12-15-11(19-16-12)10-9(13)3-2-4-14-10/h2-4H,5-8,13H2,1H3. The SMILES string of the molecule is CN1CCN(c2noc(-c3ncccc3N)n2)CC1. The van der Waals surface area contributed by atoms with Crippen molar-refractivity contribution in [1.82, 2.24) is 20.0 Å². The molecule has 7 nitrogen and oxygen atoms in total. The molecule has 0 spiro atoms. The highest BCUT2D eigenvalue weighted by Crippen LogP contribution is 2.23. The Morgan fingerprint density at radius 1 is 1.26 bits per heavy atom. The van der Waals surface area contributed by atoms with Gasteiger partial charge in [0.1, 0.15) is 0 Å². The molecule has 19 heavy (non-hydrogen) atoms. The van der Waals surface area contributed by atoms with Gasteiger partial charge in [-0.3, -0.25) is 0 Å². The van der Waals surface area contributed by atoms with Crippen LogP contribution in [-0.4, -0.2) is 53.3 Å². The Morgan fingerprint density at radius 3 is 2.79 bits per heavy atom. The lowest BCUT2D eigenvalue weighted by Gasteiger charge is -2.31. The Labute approximate surface area is 111 Å². The van der Waals surface area contributed by atoms with Crippen molar-refractivity contribution in [3.63, 3.8) is 0 Å². The zero-order chi connectivity index (χ0) is 13.2. The molecule has 0 aliphatic carbocycles. The van der Waals surface area contributed by atoms with Gasteiger partial charge in [0, 0.05) is 32.4 Å². The van der Waals surface area contributed by atoms with Gasteiger partial charge in [-0.05, 0) is 24.3 Å². The first-order valence-corrected chi connectivity index (χ1v) is 6.22. The summed E-state index contributed by atoms with van der Waals surface area (Å²) in [7, 11) is 2.10. The molecule has 1 fully saturated rings. The topological polar surface area (TPSA) is 84.3 Å². The van der Waals surface area contributed by atoms with E-state index < -0.39 is 0 Å². The monoisotopic (exact) mass is 260 g/mol. The number of pyridine rings is 1. The normalized spacial score (nSPS) is 16.8. The molecule has 0 bridgehead atoms. The second-order valence-corrected chi connectivity index (χ2v) is 4.63. The van der Waals surface area contributed by atoms with Crippen molar-refractivity contribution in [2.24, 2.45) is 0 Å². The van der Waals surface area contributed by atoms with Crippen LogP contribution in [-0.2, 0) is 0 Å². The van der Waals surface area contributed by atoms with Crippen LogP contribution in [0.2, 0.25) is 0 Å². The molecular formula is C12H16N6O. The van der Waals surface area contributed by atoms with Crippen molar-refractivity contribution in [2.45, 2.75) is 0 Å². The molecule has 1 saturated heterocycles. The number of nitrogen functional groups attached to an aromatic ring is 1. The van der Waals surface area contributed by atoms with Crippen LogP contribution in [0.15, 0.2) is 22.9 Å². The molecule has 0 radical (unpaired) electrons. The molecule has 2 aromatic heterocycles. The molecule has 0 unspecified atom stereocenters. The number of nitrogens with zero attached hydrogens (tertiary/aromatic N) is 5. The van der Waals surface area contributed by atoms with E-state index in [1.54, 1.807) is 18.3 Å². The van der Waals surface area contributed by atoms with Crippen molar-refractivity contribution in [3.05, 3.63) is 18.3 Å². The van der Waals surface area contributed by atoms with Crippen LogP contribution < -0.4 is 10.6 Å². The van der Waals surface area contributed by atoms with E-state index in [1.165, 1.54) is 0 Å². The second kappa shape index (κ2) is 4.85. The highest BCUT2D eigenvalue weighted by Gasteiger charge is 2.20. The summed E-state index contributed by atoms with van der Waals surface area (Å²) in [6.45, 7) is 3.78. The van der Waals surface area contributed by atoms with Crippen LogP contribution in [0.1, 0.15) is 0 Å². The summed E-state index contributed by atoms with van der Waals surface area (Å²) >= 11 is 0. The Morgan fingerprint density at radius 2 is 2.05 bits per heavy atom. The third-order valence-electron chi connectivity index (χ3n) is 3.24. The van der Waals surface area contributed by atoms with Crippen molar-refractivity contribution >= 4 is 11.6 Å². The number of piperazine rings is 1. The van der Waals surface area contributed by atoms with Crippen molar-refractivity contribution in [1.29, 1.82) is 0 Å². The molecule has 0 atom stereocenters. The number of nitrogens with two attached hydrogens (primary N) is 1. The molecule has 1 aliphatic heterocycles. The Hall–Kier alpha value is -2.15. The average molecular weight is 260 g/mol. The second-order valence-electron chi connectivity index (χ2n) is 4.63. The third-order valence-corrected chi connectivity index (χ3v) is 3.24. The third kappa shape index (κ3) is 2.37. The Kier molecular flexibility index (Phi) is 3.04. The summed E-state index contributed by atoms with van der Waals surface area (Å²) in [5.74, 6) is 0.972. The van der Waals surface area contributed by atoms with Gasteiger partial charge in [-0.15, -0.1) is 0 Å². The fourth-order valence-electron chi connectivity index (χ4n) is 2.04. The molecule has 0 amide bonds. The lowest BCUT2D eigenvalue weighted by molar-refractivity contribution is 0.309. The van der Waals surface area contributed by atoms with Gasteiger partial charge < -0.3 is 20.1 Å². The fourth-order valence-corrected chi connectivity index (χ4v) is 2.04. The largest absolute Gasteiger partial charge is 0.397 e. The van der Waals surface area contributed by atoms with E-state index in [0.29, 0.717) is 23.2 Å². The summed E-state index contributed by atoms with van der Waals surface area (Å²) in [5.41, 5.74) is 6.92. The van der Waals surface area contributed by atoms with Gasteiger partial charge >= 0.3 is 0 Å². The number of hydrogen-bond acceptors (Lipinski definition) is 7. The number of aromatic nitrogens is 3. The maximum Gasteiger partial charge on any atom is 0.280 e. The number of anilines is 2. The molecule has 2 aromatic rings. The van der Waals surface area contributed by atoms with E-state index in [-0.39, 0.29) is 0 Å². The first-order chi connectivity index (χ1) is 9.24. The maximum atomic E-state index is 5.85. The Balaban J connectivity index is 1.82. The summed E-state index contributed by atoms with van der Waals surface area (Å²) in [4.78, 5) is 12.9. The van der Waals surface area contributed by atoms with E-state index in [4.69, 9.17) is 10.3 Å². The minimum absolute atomic E-state index is 0.368. The van der Waals surface area contributed by atoms with Crippen molar-refractivity contribution < 1.29 is 4.52 Å². The lowest BCUT2D eigenvalue weighted by atomic mass is 10.3. The molecule has 3 rings (SSSR count). The number of hydrogen-bond donors (Lipinski definition) is 1. The van der Waals surface area contributed by atoms with Crippen LogP contribution in [0.25, 0.3) is 11.6 Å². The van der Waals surface area contributed by atoms with E-state index in [2.05, 4.69) is 32.0 Å². The fraction of sp³-hybridized carbons (Fsp3) is 0.417. The molecule has 7 heteroatoms. The van der Waals surface area contributed by atoms with Gasteiger partial charge in [0.05, 0.1) is 5.69 Å². The van der Waals surface area contributed by atoms with Gasteiger partial charge in [0.25, 0.3) is 11.8 Å². The van der Waals surface area contributed by atoms with Crippen LogP contribution in [0.4, 0.5) is 11.6 Å². The minimum Gasteiger partial charge on any atom is -0.397 e. The highest BCUT2D eigenvalue weighted by molar-refractivity contribution is 5.65. The van der Waals surface area contributed by atoms with E-state index in [0.717, 1.165) is 26.2 Å². The highest BCUT2D eigenvalue weighted by atomic mass is 16.5.